The summed E-state index contributed by atoms with van der Waals surface area (Å²) >= 11 is 1.64. The number of halogens is 2. The zero-order valence-corrected chi connectivity index (χ0v) is 13.5. The van der Waals surface area contributed by atoms with Gasteiger partial charge in [0.2, 0.25) is 0 Å². The molecule has 1 aliphatic heterocycles. The van der Waals surface area contributed by atoms with Crippen LogP contribution in [-0.4, -0.2) is 29.0 Å². The number of aromatic nitrogens is 1. The van der Waals surface area contributed by atoms with Crippen LogP contribution in [0, 0.1) is 0 Å². The summed E-state index contributed by atoms with van der Waals surface area (Å²) in [6, 6.07) is 4.36. The fourth-order valence-corrected chi connectivity index (χ4v) is 3.25. The van der Waals surface area contributed by atoms with E-state index in [4.69, 9.17) is 10.2 Å². The maximum absolute atomic E-state index is 5.79. The van der Waals surface area contributed by atoms with E-state index < -0.39 is 0 Å². The molecular formula is C13H19Cl2N3OS. The quantitative estimate of drug-likeness (QED) is 0.932. The van der Waals surface area contributed by atoms with Crippen LogP contribution in [0.3, 0.4) is 0 Å². The van der Waals surface area contributed by atoms with Gasteiger partial charge < -0.3 is 10.2 Å². The van der Waals surface area contributed by atoms with Crippen LogP contribution in [0.5, 0.6) is 0 Å². The van der Waals surface area contributed by atoms with Crippen molar-refractivity contribution in [3.8, 4) is 10.8 Å². The van der Waals surface area contributed by atoms with Crippen molar-refractivity contribution < 1.29 is 4.42 Å². The summed E-state index contributed by atoms with van der Waals surface area (Å²) in [5, 5.41) is 3.07. The number of thiazole rings is 1. The highest BCUT2D eigenvalue weighted by Crippen LogP contribution is 2.26. The number of furan rings is 1. The van der Waals surface area contributed by atoms with Gasteiger partial charge in [0.25, 0.3) is 0 Å². The molecule has 20 heavy (non-hydrogen) atoms. The predicted octanol–water partition coefficient (Wildman–Crippen LogP) is 3.17. The van der Waals surface area contributed by atoms with Gasteiger partial charge in [-0.2, -0.15) is 0 Å². The summed E-state index contributed by atoms with van der Waals surface area (Å²) in [6.07, 6.45) is 4.14. The van der Waals surface area contributed by atoms with Gasteiger partial charge in [-0.05, 0) is 31.5 Å². The largest absolute Gasteiger partial charge is 0.462 e. The van der Waals surface area contributed by atoms with Crippen molar-refractivity contribution in [1.82, 2.24) is 9.88 Å². The van der Waals surface area contributed by atoms with E-state index in [1.54, 1.807) is 17.6 Å². The number of hydrogen-bond acceptors (Lipinski definition) is 5. The van der Waals surface area contributed by atoms with E-state index in [-0.39, 0.29) is 24.8 Å². The van der Waals surface area contributed by atoms with Crippen LogP contribution in [0.25, 0.3) is 10.8 Å². The molecule has 0 aromatic carbocycles. The van der Waals surface area contributed by atoms with E-state index >= 15 is 0 Å². The van der Waals surface area contributed by atoms with E-state index in [2.05, 4.69) is 15.3 Å². The lowest BCUT2D eigenvalue weighted by Crippen LogP contribution is -2.34. The minimum absolute atomic E-state index is 0. The molecule has 2 aromatic rings. The second kappa shape index (κ2) is 8.00. The average molecular weight is 336 g/mol. The summed E-state index contributed by atoms with van der Waals surface area (Å²) in [7, 11) is 0. The van der Waals surface area contributed by atoms with Gasteiger partial charge >= 0.3 is 0 Å². The molecule has 0 saturated carbocycles. The first-order chi connectivity index (χ1) is 8.86. The summed E-state index contributed by atoms with van der Waals surface area (Å²) in [6.45, 7) is 2.78. The smallest absolute Gasteiger partial charge is 0.162 e. The van der Waals surface area contributed by atoms with Crippen LogP contribution in [0.1, 0.15) is 18.5 Å². The number of nitrogens with two attached hydrogens (primary N) is 1. The topological polar surface area (TPSA) is 55.3 Å². The van der Waals surface area contributed by atoms with Crippen LogP contribution >= 0.6 is 36.2 Å². The van der Waals surface area contributed by atoms with Gasteiger partial charge in [-0.1, -0.05) is 0 Å². The Morgan fingerprint density at radius 1 is 1.45 bits per heavy atom. The fourth-order valence-electron chi connectivity index (χ4n) is 2.47. The molecule has 0 amide bonds. The second-order valence-corrected chi connectivity index (χ2v) is 5.48. The molecule has 3 rings (SSSR count). The van der Waals surface area contributed by atoms with E-state index in [0.717, 1.165) is 36.1 Å². The number of likely N-dealkylation sites (tertiary alicyclic amines) is 1. The molecule has 0 radical (unpaired) electrons. The molecule has 1 saturated heterocycles. The van der Waals surface area contributed by atoms with Gasteiger partial charge in [-0.3, -0.25) is 4.90 Å². The highest BCUT2D eigenvalue weighted by atomic mass is 35.5. The van der Waals surface area contributed by atoms with Crippen molar-refractivity contribution in [2.75, 3.05) is 13.1 Å². The van der Waals surface area contributed by atoms with Crippen molar-refractivity contribution in [2.45, 2.75) is 25.4 Å². The Morgan fingerprint density at radius 2 is 2.30 bits per heavy atom. The van der Waals surface area contributed by atoms with Gasteiger partial charge in [0, 0.05) is 24.5 Å². The lowest BCUT2D eigenvalue weighted by molar-refractivity contribution is 0.248. The van der Waals surface area contributed by atoms with Crippen LogP contribution in [-0.2, 0) is 6.54 Å². The first kappa shape index (κ1) is 17.5. The molecule has 0 spiro atoms. The maximum Gasteiger partial charge on any atom is 0.162 e. The first-order valence-electron chi connectivity index (χ1n) is 6.29. The normalized spacial score (nSPS) is 18.6. The Labute approximate surface area is 135 Å². The molecule has 0 aliphatic carbocycles. The van der Waals surface area contributed by atoms with E-state index in [9.17, 15) is 0 Å². The van der Waals surface area contributed by atoms with Crippen molar-refractivity contribution in [3.63, 3.8) is 0 Å². The van der Waals surface area contributed by atoms with Gasteiger partial charge in [-0.25, -0.2) is 4.98 Å². The molecule has 1 aliphatic rings. The van der Waals surface area contributed by atoms with Crippen molar-refractivity contribution in [2.24, 2.45) is 5.73 Å². The maximum atomic E-state index is 5.79. The lowest BCUT2D eigenvalue weighted by Gasteiger charge is -2.21. The predicted molar refractivity (Wildman–Crippen MR) is 86.8 cm³/mol. The zero-order valence-electron chi connectivity index (χ0n) is 11.0. The van der Waals surface area contributed by atoms with E-state index in [0.29, 0.717) is 6.04 Å². The number of nitrogens with zero attached hydrogens (tertiary/aromatic N) is 2. The molecule has 4 nitrogen and oxygen atoms in total. The Bertz CT molecular complexity index is 503. The molecule has 0 bridgehead atoms. The Balaban J connectivity index is 0.000001000. The number of hydrogen-bond donors (Lipinski definition) is 1. The Morgan fingerprint density at radius 3 is 3.00 bits per heavy atom. The first-order valence-corrected chi connectivity index (χ1v) is 7.17. The third kappa shape index (κ3) is 3.74. The summed E-state index contributed by atoms with van der Waals surface area (Å²) in [5.74, 6) is 0.850. The molecule has 1 atom stereocenters. The minimum atomic E-state index is 0. The molecule has 1 unspecified atom stereocenters. The van der Waals surface area contributed by atoms with Gasteiger partial charge in [-0.15, -0.1) is 36.2 Å². The van der Waals surface area contributed by atoms with Crippen molar-refractivity contribution >= 4 is 36.2 Å². The second-order valence-electron chi connectivity index (χ2n) is 4.62. The third-order valence-corrected chi connectivity index (χ3v) is 4.33. The molecular weight excluding hydrogens is 317 g/mol. The molecule has 2 aromatic heterocycles. The van der Waals surface area contributed by atoms with E-state index in [1.807, 2.05) is 12.1 Å². The summed E-state index contributed by atoms with van der Waals surface area (Å²) in [4.78, 5) is 7.06. The number of rotatable bonds is 4. The molecule has 112 valence electrons. The average Bonchev–Trinajstić information content (AvgIpc) is 3.10. The molecule has 1 fully saturated rings. The fraction of sp³-hybridized carbons (Fsp3) is 0.462. The van der Waals surface area contributed by atoms with Crippen LogP contribution in [0.15, 0.2) is 28.2 Å². The van der Waals surface area contributed by atoms with Gasteiger partial charge in [0.15, 0.2) is 10.8 Å². The van der Waals surface area contributed by atoms with Crippen LogP contribution < -0.4 is 5.73 Å². The minimum Gasteiger partial charge on any atom is -0.462 e. The van der Waals surface area contributed by atoms with Crippen LogP contribution in [0.4, 0.5) is 0 Å². The van der Waals surface area contributed by atoms with Gasteiger partial charge in [0.05, 0.1) is 12.0 Å². The zero-order chi connectivity index (χ0) is 12.4. The molecule has 2 N–H and O–H groups in total. The third-order valence-electron chi connectivity index (χ3n) is 3.42. The SMILES string of the molecule is Cl.Cl.NCC1CCCN1Cc1csc(-c2ccco2)n1. The lowest BCUT2D eigenvalue weighted by atomic mass is 10.2. The monoisotopic (exact) mass is 335 g/mol. The van der Waals surface area contributed by atoms with Gasteiger partial charge in [0.1, 0.15) is 0 Å². The van der Waals surface area contributed by atoms with Crippen molar-refractivity contribution in [3.05, 3.63) is 29.5 Å². The van der Waals surface area contributed by atoms with Crippen LogP contribution in [0.2, 0.25) is 0 Å². The standard InChI is InChI=1S/C13H17N3OS.2ClH/c14-7-11-3-1-5-16(11)8-10-9-18-13(15-10)12-4-2-6-17-12;;/h2,4,6,9,11H,1,3,5,7-8,14H2;2*1H. The molecule has 3 heterocycles. The highest BCUT2D eigenvalue weighted by molar-refractivity contribution is 7.13. The van der Waals surface area contributed by atoms with E-state index in [1.165, 1.54) is 12.8 Å². The Hall–Kier alpha value is -0.590. The molecule has 7 heteroatoms. The summed E-state index contributed by atoms with van der Waals surface area (Å²) < 4.78 is 5.36. The van der Waals surface area contributed by atoms with Crippen molar-refractivity contribution in [1.29, 1.82) is 0 Å². The highest BCUT2D eigenvalue weighted by Gasteiger charge is 2.23. The Kier molecular flexibility index (Phi) is 6.99. The summed E-state index contributed by atoms with van der Waals surface area (Å²) in [5.41, 5.74) is 6.90.